The maximum atomic E-state index is 12.8. The maximum Gasteiger partial charge on any atom is 0.275 e. The van der Waals surface area contributed by atoms with Crippen LogP contribution in [0, 0.1) is 6.92 Å². The van der Waals surface area contributed by atoms with Crippen molar-refractivity contribution in [3.8, 4) is 5.69 Å². The van der Waals surface area contributed by atoms with Crippen molar-refractivity contribution in [1.82, 2.24) is 9.36 Å². The van der Waals surface area contributed by atoms with E-state index in [0.717, 1.165) is 28.5 Å². The van der Waals surface area contributed by atoms with Gasteiger partial charge in [-0.25, -0.2) is 4.68 Å². The largest absolute Gasteiger partial charge is 0.285 e. The molecule has 0 fully saturated rings. The maximum absolute atomic E-state index is 12.8. The first-order chi connectivity index (χ1) is 11.2. The van der Waals surface area contributed by atoms with E-state index >= 15 is 0 Å². The van der Waals surface area contributed by atoms with Crippen LogP contribution in [0.25, 0.3) is 5.69 Å². The molecule has 3 nitrogen and oxygen atoms in total. The number of hydrogen-bond donors (Lipinski definition) is 0. The summed E-state index contributed by atoms with van der Waals surface area (Å²) in [4.78, 5) is 12.8. The highest BCUT2D eigenvalue weighted by Gasteiger charge is 2.15. The van der Waals surface area contributed by atoms with Gasteiger partial charge in [-0.15, -0.1) is 0 Å². The second-order valence-electron chi connectivity index (χ2n) is 5.52. The van der Waals surface area contributed by atoms with Crippen LogP contribution in [0.4, 0.5) is 0 Å². The minimum atomic E-state index is 0.0803. The zero-order valence-corrected chi connectivity index (χ0v) is 14.2. The molecule has 23 heavy (non-hydrogen) atoms. The summed E-state index contributed by atoms with van der Waals surface area (Å²) < 4.78 is 3.68. The van der Waals surface area contributed by atoms with Gasteiger partial charge >= 0.3 is 0 Å². The van der Waals surface area contributed by atoms with Crippen LogP contribution in [0.3, 0.4) is 0 Å². The van der Waals surface area contributed by atoms with Crippen LogP contribution in [0.2, 0.25) is 0 Å². The lowest BCUT2D eigenvalue weighted by Crippen LogP contribution is -2.20. The predicted octanol–water partition coefficient (Wildman–Crippen LogP) is 3.92. The normalized spacial score (nSPS) is 10.9. The highest BCUT2D eigenvalue weighted by atomic mass is 32.2. The zero-order chi connectivity index (χ0) is 16.2. The van der Waals surface area contributed by atoms with Crippen molar-refractivity contribution in [2.75, 3.05) is 0 Å². The van der Waals surface area contributed by atoms with E-state index in [0.29, 0.717) is 0 Å². The van der Waals surface area contributed by atoms with Crippen LogP contribution in [-0.4, -0.2) is 9.36 Å². The molecule has 0 saturated heterocycles. The Labute approximate surface area is 140 Å². The Kier molecular flexibility index (Phi) is 4.72. The highest BCUT2D eigenvalue weighted by Crippen LogP contribution is 2.19. The molecule has 4 heteroatoms. The van der Waals surface area contributed by atoms with Crippen molar-refractivity contribution >= 4 is 11.8 Å². The molecule has 0 atom stereocenters. The van der Waals surface area contributed by atoms with Gasteiger partial charge in [0.25, 0.3) is 5.56 Å². The minimum Gasteiger partial charge on any atom is -0.285 e. The first kappa shape index (κ1) is 15.7. The Morgan fingerprint density at radius 1 is 0.913 bits per heavy atom. The van der Waals surface area contributed by atoms with Gasteiger partial charge in [0, 0.05) is 29.8 Å². The van der Waals surface area contributed by atoms with Crippen molar-refractivity contribution in [3.63, 3.8) is 0 Å². The van der Waals surface area contributed by atoms with E-state index in [1.54, 1.807) is 16.4 Å². The molecule has 2 aromatic carbocycles. The van der Waals surface area contributed by atoms with Crippen molar-refractivity contribution in [3.05, 3.63) is 87.8 Å². The Bertz CT molecular complexity index is 835. The van der Waals surface area contributed by atoms with Gasteiger partial charge in [-0.1, -0.05) is 48.5 Å². The third-order valence-corrected chi connectivity index (χ3v) is 5.06. The molecular formula is C19H20N2OS. The van der Waals surface area contributed by atoms with E-state index < -0.39 is 0 Å². The van der Waals surface area contributed by atoms with E-state index in [2.05, 4.69) is 12.1 Å². The smallest absolute Gasteiger partial charge is 0.275 e. The topological polar surface area (TPSA) is 26.9 Å². The van der Waals surface area contributed by atoms with Crippen LogP contribution in [0.15, 0.2) is 65.5 Å². The van der Waals surface area contributed by atoms with Gasteiger partial charge in [-0.2, -0.15) is 11.8 Å². The van der Waals surface area contributed by atoms with Gasteiger partial charge in [0.2, 0.25) is 0 Å². The van der Waals surface area contributed by atoms with Gasteiger partial charge < -0.3 is 0 Å². The van der Waals surface area contributed by atoms with Crippen molar-refractivity contribution in [1.29, 1.82) is 0 Å². The monoisotopic (exact) mass is 324 g/mol. The summed E-state index contributed by atoms with van der Waals surface area (Å²) in [6, 6.07) is 20.1. The third-order valence-electron chi connectivity index (χ3n) is 4.03. The SMILES string of the molecule is Cc1c(CSCc2ccccc2)c(=O)n(-c2ccccc2)n1C. The van der Waals surface area contributed by atoms with Crippen LogP contribution >= 0.6 is 11.8 Å². The summed E-state index contributed by atoms with van der Waals surface area (Å²) in [7, 11) is 1.94. The minimum absolute atomic E-state index is 0.0803. The molecule has 0 bridgehead atoms. The van der Waals surface area contributed by atoms with Gasteiger partial charge in [0.1, 0.15) is 0 Å². The quantitative estimate of drug-likeness (QED) is 0.711. The molecule has 3 aromatic rings. The lowest BCUT2D eigenvalue weighted by Gasteiger charge is -2.07. The summed E-state index contributed by atoms with van der Waals surface area (Å²) in [6.07, 6.45) is 0. The average molecular weight is 324 g/mol. The van der Waals surface area contributed by atoms with Gasteiger partial charge in [-0.3, -0.25) is 9.48 Å². The molecule has 0 aliphatic carbocycles. The lowest BCUT2D eigenvalue weighted by atomic mass is 10.2. The number of nitrogens with zero attached hydrogens (tertiary/aromatic N) is 2. The highest BCUT2D eigenvalue weighted by molar-refractivity contribution is 7.97. The van der Waals surface area contributed by atoms with Gasteiger partial charge in [0.15, 0.2) is 0 Å². The molecule has 0 spiro atoms. The Morgan fingerprint density at radius 2 is 1.52 bits per heavy atom. The van der Waals surface area contributed by atoms with E-state index in [9.17, 15) is 4.79 Å². The molecule has 0 amide bonds. The molecule has 0 N–H and O–H groups in total. The fraction of sp³-hybridized carbons (Fsp3) is 0.211. The van der Waals surface area contributed by atoms with Crippen molar-refractivity contribution in [2.45, 2.75) is 18.4 Å². The second-order valence-corrected chi connectivity index (χ2v) is 6.50. The van der Waals surface area contributed by atoms with E-state index in [-0.39, 0.29) is 5.56 Å². The van der Waals surface area contributed by atoms with Crippen LogP contribution < -0.4 is 5.56 Å². The molecule has 0 radical (unpaired) electrons. The number of rotatable bonds is 5. The van der Waals surface area contributed by atoms with Crippen molar-refractivity contribution < 1.29 is 0 Å². The molecule has 0 aliphatic heterocycles. The molecule has 0 unspecified atom stereocenters. The Balaban J connectivity index is 1.82. The summed E-state index contributed by atoms with van der Waals surface area (Å²) >= 11 is 1.78. The lowest BCUT2D eigenvalue weighted by molar-refractivity contribution is 0.630. The first-order valence-corrected chi connectivity index (χ1v) is 8.78. The third kappa shape index (κ3) is 3.27. The van der Waals surface area contributed by atoms with E-state index in [1.807, 2.05) is 67.2 Å². The van der Waals surface area contributed by atoms with Gasteiger partial charge in [-0.05, 0) is 24.6 Å². The average Bonchev–Trinajstić information content (AvgIpc) is 2.80. The number of para-hydroxylation sites is 1. The fourth-order valence-corrected chi connectivity index (χ4v) is 3.70. The second kappa shape index (κ2) is 6.92. The summed E-state index contributed by atoms with van der Waals surface area (Å²) in [6.45, 7) is 2.01. The molecule has 0 aliphatic rings. The number of aromatic nitrogens is 2. The molecule has 3 rings (SSSR count). The summed E-state index contributed by atoms with van der Waals surface area (Å²) in [5, 5.41) is 0. The first-order valence-electron chi connectivity index (χ1n) is 7.63. The van der Waals surface area contributed by atoms with Crippen LogP contribution in [0.1, 0.15) is 16.8 Å². The standard InChI is InChI=1S/C19H20N2OS/c1-15-18(14-23-13-16-9-5-3-6-10-16)19(22)21(20(15)2)17-11-7-4-8-12-17/h3-12H,13-14H2,1-2H3. The van der Waals surface area contributed by atoms with E-state index in [4.69, 9.17) is 0 Å². The Hall–Kier alpha value is -2.20. The van der Waals surface area contributed by atoms with Gasteiger partial charge in [0.05, 0.1) is 5.69 Å². The molecule has 1 heterocycles. The fourth-order valence-electron chi connectivity index (χ4n) is 2.64. The number of hydrogen-bond acceptors (Lipinski definition) is 2. The summed E-state index contributed by atoms with van der Waals surface area (Å²) in [5.74, 6) is 1.65. The molecule has 118 valence electrons. The molecular weight excluding hydrogens is 304 g/mol. The van der Waals surface area contributed by atoms with Crippen LogP contribution in [0.5, 0.6) is 0 Å². The van der Waals surface area contributed by atoms with E-state index in [1.165, 1.54) is 5.56 Å². The van der Waals surface area contributed by atoms with Crippen LogP contribution in [-0.2, 0) is 18.6 Å². The number of thioether (sulfide) groups is 1. The van der Waals surface area contributed by atoms with Crippen molar-refractivity contribution in [2.24, 2.45) is 7.05 Å². The molecule has 0 saturated carbocycles. The predicted molar refractivity (Wildman–Crippen MR) is 97.2 cm³/mol. The molecule has 1 aromatic heterocycles. The zero-order valence-electron chi connectivity index (χ0n) is 13.4. The Morgan fingerprint density at radius 3 is 2.17 bits per heavy atom. The summed E-state index contributed by atoms with van der Waals surface area (Å²) in [5.41, 5.74) is 4.19. The number of benzene rings is 2.